The summed E-state index contributed by atoms with van der Waals surface area (Å²) in [5.74, 6) is 0. The van der Waals surface area contributed by atoms with Crippen molar-refractivity contribution in [3.8, 4) is 0 Å². The lowest BCUT2D eigenvalue weighted by Crippen LogP contribution is -2.15. The van der Waals surface area contributed by atoms with Crippen molar-refractivity contribution < 1.29 is 18.1 Å². The van der Waals surface area contributed by atoms with Crippen molar-refractivity contribution in [1.29, 1.82) is 0 Å². The van der Waals surface area contributed by atoms with Gasteiger partial charge in [-0.2, -0.15) is 8.42 Å². The fraction of sp³-hybridized carbons (Fsp3) is 0.333. The van der Waals surface area contributed by atoms with Crippen molar-refractivity contribution in [3.63, 3.8) is 0 Å². The monoisotopic (exact) mass is 231 g/mol. The zero-order chi connectivity index (χ0) is 11.5. The van der Waals surface area contributed by atoms with Gasteiger partial charge in [-0.15, -0.1) is 0 Å². The number of aliphatic hydroxyl groups excluding tert-OH is 1. The van der Waals surface area contributed by atoms with Crippen LogP contribution < -0.4 is 5.32 Å². The molecule has 0 saturated carbocycles. The Labute approximate surface area is 88.5 Å². The van der Waals surface area contributed by atoms with E-state index in [0.29, 0.717) is 12.2 Å². The Morgan fingerprint density at radius 3 is 2.27 bits per heavy atom. The van der Waals surface area contributed by atoms with E-state index in [2.05, 4.69) is 5.32 Å². The van der Waals surface area contributed by atoms with Crippen molar-refractivity contribution in [2.75, 3.05) is 11.9 Å². The van der Waals surface area contributed by atoms with Gasteiger partial charge in [-0.1, -0.05) is 0 Å². The zero-order valence-electron chi connectivity index (χ0n) is 8.21. The maximum Gasteiger partial charge on any atom is 0.294 e. The average molecular weight is 231 g/mol. The predicted molar refractivity (Wildman–Crippen MR) is 56.4 cm³/mol. The van der Waals surface area contributed by atoms with Gasteiger partial charge in [-0.3, -0.25) is 4.55 Å². The van der Waals surface area contributed by atoms with Crippen LogP contribution in [0.15, 0.2) is 29.2 Å². The molecule has 3 N–H and O–H groups in total. The molecule has 0 radical (unpaired) electrons. The second-order valence-corrected chi connectivity index (χ2v) is 4.65. The van der Waals surface area contributed by atoms with Crippen LogP contribution in [0.4, 0.5) is 5.69 Å². The van der Waals surface area contributed by atoms with Gasteiger partial charge in [0.05, 0.1) is 11.0 Å². The Balaban J connectivity index is 2.73. The fourth-order valence-electron chi connectivity index (χ4n) is 1.01. The lowest BCUT2D eigenvalue weighted by molar-refractivity contribution is 0.208. The Bertz CT molecular complexity index is 410. The van der Waals surface area contributed by atoms with Gasteiger partial charge >= 0.3 is 0 Å². The third-order valence-electron chi connectivity index (χ3n) is 1.75. The van der Waals surface area contributed by atoms with E-state index in [1.807, 2.05) is 0 Å². The van der Waals surface area contributed by atoms with Crippen molar-refractivity contribution in [2.24, 2.45) is 0 Å². The van der Waals surface area contributed by atoms with Gasteiger partial charge in [0.15, 0.2) is 0 Å². The second kappa shape index (κ2) is 4.61. The summed E-state index contributed by atoms with van der Waals surface area (Å²) in [5, 5.41) is 11.9. The number of nitrogens with one attached hydrogen (secondary N) is 1. The minimum absolute atomic E-state index is 0.148. The summed E-state index contributed by atoms with van der Waals surface area (Å²) in [6, 6.07) is 5.62. The van der Waals surface area contributed by atoms with E-state index >= 15 is 0 Å². The number of hydrogen-bond acceptors (Lipinski definition) is 4. The van der Waals surface area contributed by atoms with Crippen LogP contribution in [0.25, 0.3) is 0 Å². The van der Waals surface area contributed by atoms with E-state index in [-0.39, 0.29) is 4.90 Å². The molecule has 84 valence electrons. The molecule has 1 atom stereocenters. The highest BCUT2D eigenvalue weighted by atomic mass is 32.2. The van der Waals surface area contributed by atoms with Gasteiger partial charge in [0.2, 0.25) is 0 Å². The maximum absolute atomic E-state index is 10.7. The first-order valence-corrected chi connectivity index (χ1v) is 5.83. The molecule has 0 saturated heterocycles. The molecule has 15 heavy (non-hydrogen) atoms. The van der Waals surface area contributed by atoms with E-state index in [1.165, 1.54) is 24.3 Å². The third-order valence-corrected chi connectivity index (χ3v) is 2.62. The number of benzene rings is 1. The molecule has 0 heterocycles. The highest BCUT2D eigenvalue weighted by Gasteiger charge is 2.08. The molecule has 0 aliphatic rings. The van der Waals surface area contributed by atoms with Crippen molar-refractivity contribution in [1.82, 2.24) is 0 Å². The normalized spacial score (nSPS) is 13.5. The molecule has 6 heteroatoms. The summed E-state index contributed by atoms with van der Waals surface area (Å²) in [4.78, 5) is -0.148. The Morgan fingerprint density at radius 2 is 1.87 bits per heavy atom. The standard InChI is InChI=1S/C9H13NO4S/c1-7(11)6-10-8-2-4-9(5-3-8)15(12,13)14/h2-5,7,10-11H,6H2,1H3,(H,12,13,14). The molecular weight excluding hydrogens is 218 g/mol. The number of aliphatic hydroxyl groups is 1. The molecule has 0 aliphatic carbocycles. The molecule has 0 spiro atoms. The van der Waals surface area contributed by atoms with Gasteiger partial charge in [0, 0.05) is 12.2 Å². The van der Waals surface area contributed by atoms with E-state index in [0.717, 1.165) is 0 Å². The average Bonchev–Trinajstić information content (AvgIpc) is 2.14. The molecular formula is C9H13NO4S. The molecule has 1 aromatic rings. The molecule has 5 nitrogen and oxygen atoms in total. The SMILES string of the molecule is CC(O)CNc1ccc(S(=O)(=O)O)cc1. The number of rotatable bonds is 4. The first-order chi connectivity index (χ1) is 6.89. The highest BCUT2D eigenvalue weighted by Crippen LogP contribution is 2.13. The molecule has 0 aliphatic heterocycles. The predicted octanol–water partition coefficient (Wildman–Crippen LogP) is 0.726. The smallest absolute Gasteiger partial charge is 0.294 e. The van der Waals surface area contributed by atoms with Crippen LogP contribution in [0, 0.1) is 0 Å². The van der Waals surface area contributed by atoms with Crippen LogP contribution in [0.5, 0.6) is 0 Å². The number of anilines is 1. The van der Waals surface area contributed by atoms with Crippen LogP contribution in [0.1, 0.15) is 6.92 Å². The van der Waals surface area contributed by atoms with Gasteiger partial charge in [0.25, 0.3) is 10.1 Å². The molecule has 1 aromatic carbocycles. The van der Waals surface area contributed by atoms with Gasteiger partial charge < -0.3 is 10.4 Å². The molecule has 0 fully saturated rings. The summed E-state index contributed by atoms with van der Waals surface area (Å²) in [6.45, 7) is 2.02. The molecule has 0 aromatic heterocycles. The van der Waals surface area contributed by atoms with Crippen molar-refractivity contribution >= 4 is 15.8 Å². The molecule has 1 rings (SSSR count). The van der Waals surface area contributed by atoms with Crippen LogP contribution in [-0.4, -0.2) is 30.7 Å². The molecule has 1 unspecified atom stereocenters. The topological polar surface area (TPSA) is 86.6 Å². The summed E-state index contributed by atoms with van der Waals surface area (Å²) in [5.41, 5.74) is 0.684. The highest BCUT2D eigenvalue weighted by molar-refractivity contribution is 7.85. The van der Waals surface area contributed by atoms with Gasteiger partial charge in [-0.05, 0) is 31.2 Å². The van der Waals surface area contributed by atoms with Crippen LogP contribution >= 0.6 is 0 Å². The first-order valence-electron chi connectivity index (χ1n) is 4.39. The van der Waals surface area contributed by atoms with E-state index in [9.17, 15) is 8.42 Å². The van der Waals surface area contributed by atoms with E-state index < -0.39 is 16.2 Å². The third kappa shape index (κ3) is 3.86. The van der Waals surface area contributed by atoms with Crippen LogP contribution in [-0.2, 0) is 10.1 Å². The van der Waals surface area contributed by atoms with E-state index in [1.54, 1.807) is 6.92 Å². The first kappa shape index (κ1) is 12.0. The summed E-state index contributed by atoms with van der Waals surface area (Å²) < 4.78 is 30.1. The largest absolute Gasteiger partial charge is 0.392 e. The molecule has 0 amide bonds. The molecule has 0 bridgehead atoms. The van der Waals surface area contributed by atoms with Gasteiger partial charge in [-0.25, -0.2) is 0 Å². The fourth-order valence-corrected chi connectivity index (χ4v) is 1.49. The summed E-state index contributed by atoms with van der Waals surface area (Å²) in [6.07, 6.45) is -0.480. The lowest BCUT2D eigenvalue weighted by Gasteiger charge is -2.08. The van der Waals surface area contributed by atoms with Gasteiger partial charge in [0.1, 0.15) is 0 Å². The lowest BCUT2D eigenvalue weighted by atomic mass is 10.3. The Hall–Kier alpha value is -1.11. The van der Waals surface area contributed by atoms with Crippen LogP contribution in [0.3, 0.4) is 0 Å². The number of hydrogen-bond donors (Lipinski definition) is 3. The minimum Gasteiger partial charge on any atom is -0.392 e. The van der Waals surface area contributed by atoms with Crippen molar-refractivity contribution in [3.05, 3.63) is 24.3 Å². The van der Waals surface area contributed by atoms with E-state index in [4.69, 9.17) is 9.66 Å². The minimum atomic E-state index is -4.13. The zero-order valence-corrected chi connectivity index (χ0v) is 9.03. The quantitative estimate of drug-likeness (QED) is 0.665. The Morgan fingerprint density at radius 1 is 1.33 bits per heavy atom. The van der Waals surface area contributed by atoms with Crippen molar-refractivity contribution in [2.45, 2.75) is 17.9 Å². The van der Waals surface area contributed by atoms with Crippen LogP contribution in [0.2, 0.25) is 0 Å². The summed E-state index contributed by atoms with van der Waals surface area (Å²) in [7, 11) is -4.13. The maximum atomic E-state index is 10.7. The second-order valence-electron chi connectivity index (χ2n) is 3.23. The Kier molecular flexibility index (Phi) is 3.67. The summed E-state index contributed by atoms with van der Waals surface area (Å²) >= 11 is 0.